The molecule has 0 bridgehead atoms. The summed E-state index contributed by atoms with van der Waals surface area (Å²) in [6.07, 6.45) is 2.16. The quantitative estimate of drug-likeness (QED) is 0.743. The van der Waals surface area contributed by atoms with Gasteiger partial charge in [0.1, 0.15) is 15.8 Å². The second-order valence-electron chi connectivity index (χ2n) is 5.79. The summed E-state index contributed by atoms with van der Waals surface area (Å²) in [5.74, 6) is 1.41. The fourth-order valence-electron chi connectivity index (χ4n) is 2.63. The van der Waals surface area contributed by atoms with Crippen LogP contribution in [0.5, 0.6) is 0 Å². The van der Waals surface area contributed by atoms with Crippen LogP contribution in [0.4, 0.5) is 0 Å². The predicted molar refractivity (Wildman–Crippen MR) is 77.7 cm³/mol. The highest BCUT2D eigenvalue weighted by Gasteiger charge is 2.48. The molecule has 1 fully saturated rings. The standard InChI is InChI=1S/C14H17ClN2S/c1-5-8-7(2)18-13-10(8)11(15)16-12(17-13)9-6-14(9,3)4/h9H,5-6H2,1-4H3. The second kappa shape index (κ2) is 3.91. The molecule has 0 aromatic carbocycles. The SMILES string of the molecule is CCc1c(C)sc2nc(C3CC3(C)C)nc(Cl)c12. The lowest BCUT2D eigenvalue weighted by molar-refractivity contribution is 0.609. The lowest BCUT2D eigenvalue weighted by atomic mass is 10.1. The number of aryl methyl sites for hydroxylation is 2. The van der Waals surface area contributed by atoms with E-state index in [-0.39, 0.29) is 0 Å². The maximum Gasteiger partial charge on any atom is 0.141 e. The minimum atomic E-state index is 0.344. The Hall–Kier alpha value is -0.670. The first-order valence-corrected chi connectivity index (χ1v) is 7.59. The van der Waals surface area contributed by atoms with E-state index in [1.165, 1.54) is 16.9 Å². The zero-order valence-corrected chi connectivity index (χ0v) is 12.7. The van der Waals surface area contributed by atoms with Crippen LogP contribution in [0.1, 0.15) is 49.4 Å². The molecule has 18 heavy (non-hydrogen) atoms. The van der Waals surface area contributed by atoms with Crippen LogP contribution in [-0.2, 0) is 6.42 Å². The van der Waals surface area contributed by atoms with E-state index in [1.807, 2.05) is 0 Å². The van der Waals surface area contributed by atoms with Crippen molar-refractivity contribution in [2.45, 2.75) is 46.5 Å². The lowest BCUT2D eigenvalue weighted by Gasteiger charge is -2.04. The van der Waals surface area contributed by atoms with Crippen LogP contribution in [0.15, 0.2) is 0 Å². The highest BCUT2D eigenvalue weighted by molar-refractivity contribution is 7.18. The zero-order chi connectivity index (χ0) is 13.1. The fraction of sp³-hybridized carbons (Fsp3) is 0.571. The van der Waals surface area contributed by atoms with Crippen molar-refractivity contribution in [1.82, 2.24) is 9.97 Å². The minimum absolute atomic E-state index is 0.344. The van der Waals surface area contributed by atoms with Crippen molar-refractivity contribution in [1.29, 1.82) is 0 Å². The number of hydrogen-bond donors (Lipinski definition) is 0. The number of thiophene rings is 1. The van der Waals surface area contributed by atoms with Crippen molar-refractivity contribution in [3.05, 3.63) is 21.4 Å². The Morgan fingerprint density at radius 3 is 2.61 bits per heavy atom. The minimum Gasteiger partial charge on any atom is -0.222 e. The van der Waals surface area contributed by atoms with Crippen molar-refractivity contribution < 1.29 is 0 Å². The van der Waals surface area contributed by atoms with Crippen LogP contribution in [0.3, 0.4) is 0 Å². The maximum atomic E-state index is 6.38. The van der Waals surface area contributed by atoms with Gasteiger partial charge in [-0.15, -0.1) is 11.3 Å². The van der Waals surface area contributed by atoms with E-state index >= 15 is 0 Å². The van der Waals surface area contributed by atoms with Gasteiger partial charge in [-0.1, -0.05) is 32.4 Å². The average molecular weight is 281 g/mol. The molecule has 2 heterocycles. The smallest absolute Gasteiger partial charge is 0.141 e. The Labute approximate surface area is 116 Å². The summed E-state index contributed by atoms with van der Waals surface area (Å²) in [6, 6.07) is 0. The number of halogens is 1. The number of nitrogens with zero attached hydrogens (tertiary/aromatic N) is 2. The summed E-state index contributed by atoms with van der Waals surface area (Å²) < 4.78 is 0. The molecule has 0 spiro atoms. The van der Waals surface area contributed by atoms with E-state index in [0.717, 1.165) is 22.5 Å². The summed E-state index contributed by atoms with van der Waals surface area (Å²) in [7, 11) is 0. The lowest BCUT2D eigenvalue weighted by Crippen LogP contribution is -1.98. The third-order valence-corrected chi connectivity index (χ3v) is 5.32. The number of aromatic nitrogens is 2. The number of hydrogen-bond acceptors (Lipinski definition) is 3. The number of fused-ring (bicyclic) bond motifs is 1. The van der Waals surface area contributed by atoms with Gasteiger partial charge in [0, 0.05) is 10.8 Å². The van der Waals surface area contributed by atoms with Crippen molar-refractivity contribution in [3.8, 4) is 0 Å². The summed E-state index contributed by atoms with van der Waals surface area (Å²) in [6.45, 7) is 8.82. The van der Waals surface area contributed by atoms with Gasteiger partial charge in [-0.3, -0.25) is 0 Å². The Balaban J connectivity index is 2.17. The molecule has 0 amide bonds. The van der Waals surface area contributed by atoms with E-state index in [0.29, 0.717) is 16.5 Å². The Morgan fingerprint density at radius 1 is 1.39 bits per heavy atom. The molecule has 0 aliphatic heterocycles. The van der Waals surface area contributed by atoms with E-state index in [4.69, 9.17) is 16.6 Å². The summed E-state index contributed by atoms with van der Waals surface area (Å²) >= 11 is 8.12. The first kappa shape index (κ1) is 12.4. The molecule has 1 aliphatic carbocycles. The van der Waals surface area contributed by atoms with Crippen molar-refractivity contribution in [2.24, 2.45) is 5.41 Å². The Kier molecular flexibility index (Phi) is 2.69. The normalized spacial score (nSPS) is 21.5. The molecule has 4 heteroatoms. The first-order valence-electron chi connectivity index (χ1n) is 6.39. The summed E-state index contributed by atoms with van der Waals surface area (Å²) in [4.78, 5) is 11.7. The molecule has 1 saturated carbocycles. The Bertz CT molecular complexity index is 630. The third-order valence-electron chi connectivity index (χ3n) is 4.00. The van der Waals surface area contributed by atoms with Crippen LogP contribution in [0, 0.1) is 12.3 Å². The van der Waals surface area contributed by atoms with Gasteiger partial charge in [0.05, 0.1) is 5.39 Å². The monoisotopic (exact) mass is 280 g/mol. The topological polar surface area (TPSA) is 25.8 Å². The molecule has 2 aromatic heterocycles. The third kappa shape index (κ3) is 1.76. The maximum absolute atomic E-state index is 6.38. The molecule has 0 radical (unpaired) electrons. The highest BCUT2D eigenvalue weighted by Crippen LogP contribution is 2.58. The Morgan fingerprint density at radius 2 is 2.06 bits per heavy atom. The molecule has 1 unspecified atom stereocenters. The molecule has 2 nitrogen and oxygen atoms in total. The van der Waals surface area contributed by atoms with Gasteiger partial charge in [-0.05, 0) is 30.7 Å². The molecule has 2 aromatic rings. The van der Waals surface area contributed by atoms with Gasteiger partial charge >= 0.3 is 0 Å². The first-order chi connectivity index (χ1) is 8.44. The van der Waals surface area contributed by atoms with Gasteiger partial charge in [0.25, 0.3) is 0 Å². The number of rotatable bonds is 2. The molecule has 0 N–H and O–H groups in total. The van der Waals surface area contributed by atoms with Crippen LogP contribution in [-0.4, -0.2) is 9.97 Å². The van der Waals surface area contributed by atoms with Gasteiger partial charge in [0.2, 0.25) is 0 Å². The van der Waals surface area contributed by atoms with Crippen molar-refractivity contribution >= 4 is 33.2 Å². The van der Waals surface area contributed by atoms with Crippen LogP contribution >= 0.6 is 22.9 Å². The molecular formula is C14H17ClN2S. The zero-order valence-electron chi connectivity index (χ0n) is 11.2. The molecule has 1 atom stereocenters. The van der Waals surface area contributed by atoms with E-state index < -0.39 is 0 Å². The van der Waals surface area contributed by atoms with Crippen LogP contribution in [0.2, 0.25) is 5.15 Å². The summed E-state index contributed by atoms with van der Waals surface area (Å²) in [5, 5.41) is 1.71. The second-order valence-corrected chi connectivity index (χ2v) is 7.35. The van der Waals surface area contributed by atoms with E-state index in [2.05, 4.69) is 32.7 Å². The van der Waals surface area contributed by atoms with Gasteiger partial charge < -0.3 is 0 Å². The average Bonchev–Trinajstić information content (AvgIpc) is 2.79. The molecule has 3 rings (SSSR count). The molecule has 96 valence electrons. The van der Waals surface area contributed by atoms with Gasteiger partial charge in [-0.2, -0.15) is 0 Å². The highest BCUT2D eigenvalue weighted by atomic mass is 35.5. The van der Waals surface area contributed by atoms with Gasteiger partial charge in [0.15, 0.2) is 0 Å². The molecule has 1 aliphatic rings. The van der Waals surface area contributed by atoms with E-state index in [9.17, 15) is 0 Å². The summed E-state index contributed by atoms with van der Waals surface area (Å²) in [5.41, 5.74) is 1.65. The van der Waals surface area contributed by atoms with Gasteiger partial charge in [-0.25, -0.2) is 9.97 Å². The predicted octanol–water partition coefficient (Wildman–Crippen LogP) is 4.73. The van der Waals surface area contributed by atoms with E-state index in [1.54, 1.807) is 11.3 Å². The molecular weight excluding hydrogens is 264 g/mol. The fourth-order valence-corrected chi connectivity index (χ4v) is 4.10. The van der Waals surface area contributed by atoms with Crippen LogP contribution < -0.4 is 0 Å². The molecule has 0 saturated heterocycles. The van der Waals surface area contributed by atoms with Crippen molar-refractivity contribution in [2.75, 3.05) is 0 Å². The van der Waals surface area contributed by atoms with Crippen LogP contribution in [0.25, 0.3) is 10.2 Å². The van der Waals surface area contributed by atoms with Crippen molar-refractivity contribution in [3.63, 3.8) is 0 Å². The largest absolute Gasteiger partial charge is 0.222 e.